The molecule has 1 saturated carbocycles. The van der Waals surface area contributed by atoms with E-state index in [0.29, 0.717) is 11.9 Å². The van der Waals surface area contributed by atoms with E-state index in [0.717, 1.165) is 17.8 Å². The van der Waals surface area contributed by atoms with Crippen molar-refractivity contribution in [2.24, 2.45) is 11.8 Å². The molecule has 1 aliphatic rings. The standard InChI is InChI=1S/C11H15N3O/c1-6-4-9(6)10(15)14-11-12-7(2)5-8(3)13-11/h5-6,9H,4H2,1-3H3,(H,12,13,14,15). The van der Waals surface area contributed by atoms with Crippen LogP contribution in [0.15, 0.2) is 6.07 Å². The van der Waals surface area contributed by atoms with Crippen molar-refractivity contribution in [3.8, 4) is 0 Å². The summed E-state index contributed by atoms with van der Waals surface area (Å²) in [4.78, 5) is 19.9. The van der Waals surface area contributed by atoms with Gasteiger partial charge in [0.25, 0.3) is 0 Å². The average Bonchev–Trinajstić information content (AvgIpc) is 2.80. The zero-order valence-electron chi connectivity index (χ0n) is 9.24. The van der Waals surface area contributed by atoms with Gasteiger partial charge in [0.1, 0.15) is 0 Å². The highest BCUT2D eigenvalue weighted by Crippen LogP contribution is 2.38. The summed E-state index contributed by atoms with van der Waals surface area (Å²) in [6, 6.07) is 1.88. The van der Waals surface area contributed by atoms with Crippen molar-refractivity contribution < 1.29 is 4.79 Å². The smallest absolute Gasteiger partial charge is 0.230 e. The van der Waals surface area contributed by atoms with Crippen LogP contribution in [0.25, 0.3) is 0 Å². The third-order valence-electron chi connectivity index (χ3n) is 2.66. The predicted molar refractivity (Wildman–Crippen MR) is 57.4 cm³/mol. The first-order valence-corrected chi connectivity index (χ1v) is 5.19. The molecular formula is C11H15N3O. The molecule has 1 amide bonds. The van der Waals surface area contributed by atoms with Crippen molar-refractivity contribution in [3.05, 3.63) is 17.5 Å². The molecule has 15 heavy (non-hydrogen) atoms. The number of hydrogen-bond acceptors (Lipinski definition) is 3. The van der Waals surface area contributed by atoms with E-state index in [1.807, 2.05) is 19.9 Å². The molecule has 1 aromatic rings. The van der Waals surface area contributed by atoms with E-state index in [2.05, 4.69) is 22.2 Å². The summed E-state index contributed by atoms with van der Waals surface area (Å²) in [6.45, 7) is 5.86. The maximum absolute atomic E-state index is 11.6. The Labute approximate surface area is 89.1 Å². The van der Waals surface area contributed by atoms with Crippen LogP contribution in [-0.2, 0) is 4.79 Å². The number of nitrogens with zero attached hydrogens (tertiary/aromatic N) is 2. The molecule has 4 heteroatoms. The topological polar surface area (TPSA) is 54.9 Å². The summed E-state index contributed by atoms with van der Waals surface area (Å²) in [5.41, 5.74) is 1.75. The van der Waals surface area contributed by atoms with Gasteiger partial charge in [0.05, 0.1) is 0 Å². The second-order valence-corrected chi connectivity index (χ2v) is 4.28. The molecule has 2 unspecified atom stereocenters. The van der Waals surface area contributed by atoms with Gasteiger partial charge in [-0.3, -0.25) is 10.1 Å². The first-order valence-electron chi connectivity index (χ1n) is 5.19. The molecule has 0 spiro atoms. The Balaban J connectivity index is 2.07. The van der Waals surface area contributed by atoms with Crippen LogP contribution in [0.1, 0.15) is 24.7 Å². The average molecular weight is 205 g/mol. The number of amides is 1. The lowest BCUT2D eigenvalue weighted by Crippen LogP contribution is -2.17. The van der Waals surface area contributed by atoms with Gasteiger partial charge in [-0.1, -0.05) is 6.92 Å². The Morgan fingerprint density at radius 3 is 2.40 bits per heavy atom. The van der Waals surface area contributed by atoms with Crippen molar-refractivity contribution in [3.63, 3.8) is 0 Å². The van der Waals surface area contributed by atoms with Crippen molar-refractivity contribution in [1.29, 1.82) is 0 Å². The predicted octanol–water partition coefficient (Wildman–Crippen LogP) is 1.69. The molecule has 1 heterocycles. The molecule has 2 rings (SSSR count). The maximum Gasteiger partial charge on any atom is 0.230 e. The van der Waals surface area contributed by atoms with Gasteiger partial charge in [-0.25, -0.2) is 9.97 Å². The Hall–Kier alpha value is -1.45. The SMILES string of the molecule is Cc1cc(C)nc(NC(=O)C2CC2C)n1. The van der Waals surface area contributed by atoms with E-state index >= 15 is 0 Å². The number of carbonyl (C=O) groups is 1. The molecule has 0 saturated heterocycles. The van der Waals surface area contributed by atoms with Gasteiger partial charge in [0.2, 0.25) is 11.9 Å². The molecule has 2 atom stereocenters. The quantitative estimate of drug-likeness (QED) is 0.799. The van der Waals surface area contributed by atoms with Crippen molar-refractivity contribution >= 4 is 11.9 Å². The number of anilines is 1. The minimum atomic E-state index is 0.0486. The zero-order chi connectivity index (χ0) is 11.0. The summed E-state index contributed by atoms with van der Waals surface area (Å²) in [5, 5.41) is 2.75. The number of carbonyl (C=O) groups excluding carboxylic acids is 1. The highest BCUT2D eigenvalue weighted by Gasteiger charge is 2.39. The summed E-state index contributed by atoms with van der Waals surface area (Å²) < 4.78 is 0. The van der Waals surface area contributed by atoms with Gasteiger partial charge in [0.15, 0.2) is 0 Å². The van der Waals surface area contributed by atoms with Crippen molar-refractivity contribution in [1.82, 2.24) is 9.97 Å². The largest absolute Gasteiger partial charge is 0.294 e. The summed E-state index contributed by atoms with van der Waals surface area (Å²) in [6.07, 6.45) is 0.983. The minimum Gasteiger partial charge on any atom is -0.294 e. The fourth-order valence-corrected chi connectivity index (χ4v) is 1.67. The van der Waals surface area contributed by atoms with Crippen molar-refractivity contribution in [2.45, 2.75) is 27.2 Å². The van der Waals surface area contributed by atoms with E-state index in [9.17, 15) is 4.79 Å². The number of nitrogens with one attached hydrogen (secondary N) is 1. The molecule has 1 N–H and O–H groups in total. The van der Waals surface area contributed by atoms with Crippen molar-refractivity contribution in [2.75, 3.05) is 5.32 Å². The van der Waals surface area contributed by atoms with E-state index < -0.39 is 0 Å². The van der Waals surface area contributed by atoms with E-state index in [1.165, 1.54) is 0 Å². The fraction of sp³-hybridized carbons (Fsp3) is 0.545. The second kappa shape index (κ2) is 3.61. The van der Waals surface area contributed by atoms with Crippen LogP contribution in [0, 0.1) is 25.7 Å². The van der Waals surface area contributed by atoms with Crippen LogP contribution in [0.3, 0.4) is 0 Å². The Bertz CT molecular complexity index is 383. The normalized spacial score (nSPS) is 23.7. The van der Waals surface area contributed by atoms with Gasteiger partial charge in [-0.05, 0) is 32.3 Å². The molecule has 80 valence electrons. The monoisotopic (exact) mass is 205 g/mol. The molecular weight excluding hydrogens is 190 g/mol. The highest BCUT2D eigenvalue weighted by molar-refractivity contribution is 5.92. The molecule has 0 bridgehead atoms. The van der Waals surface area contributed by atoms with Crippen LogP contribution >= 0.6 is 0 Å². The second-order valence-electron chi connectivity index (χ2n) is 4.28. The summed E-state index contributed by atoms with van der Waals surface area (Å²) in [5.74, 6) is 1.15. The van der Waals surface area contributed by atoms with Crippen LogP contribution < -0.4 is 5.32 Å². The first-order chi connectivity index (χ1) is 7.06. The van der Waals surface area contributed by atoms with E-state index in [-0.39, 0.29) is 11.8 Å². The number of aromatic nitrogens is 2. The lowest BCUT2D eigenvalue weighted by atomic mass is 10.3. The molecule has 0 radical (unpaired) electrons. The molecule has 0 aliphatic heterocycles. The lowest BCUT2D eigenvalue weighted by molar-refractivity contribution is -0.117. The van der Waals surface area contributed by atoms with Gasteiger partial charge in [-0.2, -0.15) is 0 Å². The minimum absolute atomic E-state index is 0.0486. The molecule has 1 fully saturated rings. The van der Waals surface area contributed by atoms with Gasteiger partial charge >= 0.3 is 0 Å². The van der Waals surface area contributed by atoms with Crippen LogP contribution in [0.2, 0.25) is 0 Å². The highest BCUT2D eigenvalue weighted by atomic mass is 16.2. The molecule has 4 nitrogen and oxygen atoms in total. The third kappa shape index (κ3) is 2.32. The number of hydrogen-bond donors (Lipinski definition) is 1. The molecule has 1 aliphatic carbocycles. The van der Waals surface area contributed by atoms with E-state index in [4.69, 9.17) is 0 Å². The molecule has 0 aromatic carbocycles. The lowest BCUT2D eigenvalue weighted by Gasteiger charge is -2.04. The van der Waals surface area contributed by atoms with Gasteiger partial charge in [-0.15, -0.1) is 0 Å². The maximum atomic E-state index is 11.6. The van der Waals surface area contributed by atoms with Crippen LogP contribution in [0.4, 0.5) is 5.95 Å². The Morgan fingerprint density at radius 2 is 1.93 bits per heavy atom. The first kappa shape index (κ1) is 10.1. The summed E-state index contributed by atoms with van der Waals surface area (Å²) in [7, 11) is 0. The Morgan fingerprint density at radius 1 is 1.40 bits per heavy atom. The summed E-state index contributed by atoms with van der Waals surface area (Å²) >= 11 is 0. The number of rotatable bonds is 2. The zero-order valence-corrected chi connectivity index (χ0v) is 9.24. The number of aryl methyl sites for hydroxylation is 2. The third-order valence-corrected chi connectivity index (χ3v) is 2.66. The van der Waals surface area contributed by atoms with Crippen LogP contribution in [-0.4, -0.2) is 15.9 Å². The van der Waals surface area contributed by atoms with E-state index in [1.54, 1.807) is 0 Å². The Kier molecular flexibility index (Phi) is 2.42. The van der Waals surface area contributed by atoms with Gasteiger partial charge < -0.3 is 0 Å². The van der Waals surface area contributed by atoms with Crippen LogP contribution in [0.5, 0.6) is 0 Å². The fourth-order valence-electron chi connectivity index (χ4n) is 1.67. The molecule has 1 aromatic heterocycles. The van der Waals surface area contributed by atoms with Gasteiger partial charge in [0, 0.05) is 17.3 Å².